The third kappa shape index (κ3) is 5.55. The second-order valence-electron chi connectivity index (χ2n) is 5.29. The van der Waals surface area contributed by atoms with Crippen LogP contribution in [-0.2, 0) is 6.54 Å². The number of aryl methyl sites for hydroxylation is 2. The first-order valence-electron chi connectivity index (χ1n) is 6.62. The zero-order chi connectivity index (χ0) is 14.4. The Morgan fingerprint density at radius 2 is 1.74 bits per heavy atom. The Balaban J connectivity index is 2.67. The van der Waals surface area contributed by atoms with E-state index in [1.165, 1.54) is 0 Å². The quantitative estimate of drug-likeness (QED) is 0.816. The predicted molar refractivity (Wildman–Crippen MR) is 74.0 cm³/mol. The molecular weight excluding hydrogens is 248 g/mol. The van der Waals surface area contributed by atoms with Gasteiger partial charge in [-0.05, 0) is 43.0 Å². The fourth-order valence-electron chi connectivity index (χ4n) is 2.02. The molecule has 4 heteroatoms. The SMILES string of the molecule is Cc1cc(CNCC(C)C)cc(C)c1OCC(F)F. The van der Waals surface area contributed by atoms with Gasteiger partial charge >= 0.3 is 0 Å². The first-order valence-corrected chi connectivity index (χ1v) is 6.62. The minimum atomic E-state index is -2.44. The Kier molecular flexibility index (Phi) is 6.22. The van der Waals surface area contributed by atoms with Gasteiger partial charge in [-0.3, -0.25) is 0 Å². The number of nitrogens with one attached hydrogen (secondary N) is 1. The van der Waals surface area contributed by atoms with E-state index < -0.39 is 13.0 Å². The second-order valence-corrected chi connectivity index (χ2v) is 5.29. The van der Waals surface area contributed by atoms with Crippen LogP contribution < -0.4 is 10.1 Å². The molecule has 0 radical (unpaired) electrons. The Morgan fingerprint density at radius 1 is 1.16 bits per heavy atom. The first kappa shape index (κ1) is 15.9. The van der Waals surface area contributed by atoms with Crippen LogP contribution in [0.25, 0.3) is 0 Å². The molecule has 0 unspecified atom stereocenters. The average molecular weight is 271 g/mol. The highest BCUT2D eigenvalue weighted by molar-refractivity contribution is 5.43. The molecule has 0 bridgehead atoms. The molecule has 0 aliphatic heterocycles. The van der Waals surface area contributed by atoms with E-state index in [4.69, 9.17) is 4.74 Å². The summed E-state index contributed by atoms with van der Waals surface area (Å²) < 4.78 is 29.5. The van der Waals surface area contributed by atoms with E-state index in [0.717, 1.165) is 29.8 Å². The fourth-order valence-corrected chi connectivity index (χ4v) is 2.02. The maximum absolute atomic E-state index is 12.2. The third-order valence-corrected chi connectivity index (χ3v) is 2.76. The van der Waals surface area contributed by atoms with Crippen LogP contribution in [0.4, 0.5) is 8.78 Å². The maximum atomic E-state index is 12.2. The molecule has 0 amide bonds. The van der Waals surface area contributed by atoms with Crippen molar-refractivity contribution in [2.75, 3.05) is 13.2 Å². The normalized spacial score (nSPS) is 11.4. The molecule has 1 aromatic carbocycles. The van der Waals surface area contributed by atoms with Gasteiger partial charge < -0.3 is 10.1 Å². The molecule has 0 aromatic heterocycles. The van der Waals surface area contributed by atoms with Crippen molar-refractivity contribution in [3.63, 3.8) is 0 Å². The predicted octanol–water partition coefficient (Wildman–Crippen LogP) is 3.69. The maximum Gasteiger partial charge on any atom is 0.272 e. The number of alkyl halides is 2. The van der Waals surface area contributed by atoms with E-state index in [1.807, 2.05) is 26.0 Å². The van der Waals surface area contributed by atoms with Crippen molar-refractivity contribution in [2.45, 2.75) is 40.7 Å². The second kappa shape index (κ2) is 7.43. The molecule has 0 spiro atoms. The van der Waals surface area contributed by atoms with Gasteiger partial charge in [0.05, 0.1) is 0 Å². The van der Waals surface area contributed by atoms with E-state index in [2.05, 4.69) is 19.2 Å². The van der Waals surface area contributed by atoms with Gasteiger partial charge in [0.1, 0.15) is 12.4 Å². The van der Waals surface area contributed by atoms with E-state index in [1.54, 1.807) is 0 Å². The van der Waals surface area contributed by atoms with Crippen molar-refractivity contribution in [2.24, 2.45) is 5.92 Å². The van der Waals surface area contributed by atoms with Crippen LogP contribution >= 0.6 is 0 Å². The average Bonchev–Trinajstić information content (AvgIpc) is 2.26. The minimum Gasteiger partial charge on any atom is -0.487 e. The van der Waals surface area contributed by atoms with Crippen LogP contribution in [0, 0.1) is 19.8 Å². The highest BCUT2D eigenvalue weighted by atomic mass is 19.3. The standard InChI is InChI=1S/C15H23F2NO/c1-10(2)7-18-8-13-5-11(3)15(12(4)6-13)19-9-14(16)17/h5-6,10,14,18H,7-9H2,1-4H3. The van der Waals surface area contributed by atoms with Crippen LogP contribution in [0.5, 0.6) is 5.75 Å². The monoisotopic (exact) mass is 271 g/mol. The van der Waals surface area contributed by atoms with Gasteiger partial charge in [0.25, 0.3) is 6.43 Å². The fraction of sp³-hybridized carbons (Fsp3) is 0.600. The smallest absolute Gasteiger partial charge is 0.272 e. The molecule has 0 fully saturated rings. The van der Waals surface area contributed by atoms with Crippen molar-refractivity contribution in [1.29, 1.82) is 0 Å². The van der Waals surface area contributed by atoms with Crippen LogP contribution in [0.3, 0.4) is 0 Å². The summed E-state index contributed by atoms with van der Waals surface area (Å²) >= 11 is 0. The zero-order valence-corrected chi connectivity index (χ0v) is 12.1. The summed E-state index contributed by atoms with van der Waals surface area (Å²) in [6.07, 6.45) is -2.44. The molecule has 0 heterocycles. The molecule has 0 aliphatic carbocycles. The van der Waals surface area contributed by atoms with Crippen LogP contribution in [0.2, 0.25) is 0 Å². The number of halogens is 2. The molecule has 0 atom stereocenters. The number of rotatable bonds is 7. The molecule has 1 N–H and O–H groups in total. The van der Waals surface area contributed by atoms with Gasteiger partial charge in [0, 0.05) is 6.54 Å². The van der Waals surface area contributed by atoms with E-state index in [0.29, 0.717) is 11.7 Å². The van der Waals surface area contributed by atoms with Crippen molar-refractivity contribution in [1.82, 2.24) is 5.32 Å². The van der Waals surface area contributed by atoms with Crippen LogP contribution in [0.15, 0.2) is 12.1 Å². The van der Waals surface area contributed by atoms with Gasteiger partial charge in [-0.25, -0.2) is 8.78 Å². The summed E-state index contributed by atoms with van der Waals surface area (Å²) in [5, 5.41) is 3.36. The topological polar surface area (TPSA) is 21.3 Å². The molecule has 1 rings (SSSR count). The Bertz CT molecular complexity index is 382. The van der Waals surface area contributed by atoms with Gasteiger partial charge in [0.2, 0.25) is 0 Å². The van der Waals surface area contributed by atoms with Crippen molar-refractivity contribution < 1.29 is 13.5 Å². The largest absolute Gasteiger partial charge is 0.487 e. The third-order valence-electron chi connectivity index (χ3n) is 2.76. The minimum absolute atomic E-state index is 0.549. The van der Waals surface area contributed by atoms with Crippen LogP contribution in [-0.4, -0.2) is 19.6 Å². The van der Waals surface area contributed by atoms with Crippen molar-refractivity contribution >= 4 is 0 Å². The van der Waals surface area contributed by atoms with E-state index in [-0.39, 0.29) is 0 Å². The molecule has 19 heavy (non-hydrogen) atoms. The molecule has 0 aliphatic rings. The summed E-state index contributed by atoms with van der Waals surface area (Å²) in [5.74, 6) is 1.18. The summed E-state index contributed by atoms with van der Waals surface area (Å²) in [6, 6.07) is 3.97. The molecule has 2 nitrogen and oxygen atoms in total. The van der Waals surface area contributed by atoms with Gasteiger partial charge in [-0.1, -0.05) is 26.0 Å². The lowest BCUT2D eigenvalue weighted by Crippen LogP contribution is -2.19. The van der Waals surface area contributed by atoms with Gasteiger partial charge in [0.15, 0.2) is 0 Å². The summed E-state index contributed by atoms with van der Waals surface area (Å²) in [5.41, 5.74) is 2.96. The highest BCUT2D eigenvalue weighted by Crippen LogP contribution is 2.25. The lowest BCUT2D eigenvalue weighted by atomic mass is 10.1. The summed E-state index contributed by atoms with van der Waals surface area (Å²) in [4.78, 5) is 0. The summed E-state index contributed by atoms with van der Waals surface area (Å²) in [6.45, 7) is 9.29. The zero-order valence-electron chi connectivity index (χ0n) is 12.1. The number of hydrogen-bond donors (Lipinski definition) is 1. The highest BCUT2D eigenvalue weighted by Gasteiger charge is 2.10. The first-order chi connectivity index (χ1) is 8.90. The van der Waals surface area contributed by atoms with Gasteiger partial charge in [-0.15, -0.1) is 0 Å². The molecule has 0 saturated heterocycles. The molecular formula is C15H23F2NO. The molecule has 1 aromatic rings. The van der Waals surface area contributed by atoms with Crippen molar-refractivity contribution in [3.05, 3.63) is 28.8 Å². The van der Waals surface area contributed by atoms with E-state index >= 15 is 0 Å². The molecule has 108 valence electrons. The van der Waals surface area contributed by atoms with Crippen LogP contribution in [0.1, 0.15) is 30.5 Å². The number of ether oxygens (including phenoxy) is 1. The lowest BCUT2D eigenvalue weighted by molar-refractivity contribution is 0.0812. The number of hydrogen-bond acceptors (Lipinski definition) is 2. The Morgan fingerprint density at radius 3 is 2.21 bits per heavy atom. The van der Waals surface area contributed by atoms with Gasteiger partial charge in [-0.2, -0.15) is 0 Å². The Hall–Kier alpha value is -1.16. The summed E-state index contributed by atoms with van der Waals surface area (Å²) in [7, 11) is 0. The van der Waals surface area contributed by atoms with Crippen molar-refractivity contribution in [3.8, 4) is 5.75 Å². The van der Waals surface area contributed by atoms with E-state index in [9.17, 15) is 8.78 Å². The lowest BCUT2D eigenvalue weighted by Gasteiger charge is -2.14. The Labute approximate surface area is 114 Å². The number of benzene rings is 1. The molecule has 0 saturated carbocycles.